The van der Waals surface area contributed by atoms with Crippen molar-refractivity contribution in [1.82, 2.24) is 5.43 Å². The van der Waals surface area contributed by atoms with Gasteiger partial charge in [-0.25, -0.2) is 5.43 Å². The van der Waals surface area contributed by atoms with E-state index in [1.807, 2.05) is 24.3 Å². The third-order valence-corrected chi connectivity index (χ3v) is 2.96. The van der Waals surface area contributed by atoms with Crippen LogP contribution in [-0.2, 0) is 0 Å². The molecule has 0 aliphatic heterocycles. The molecular formula is C17H18N4O2. The van der Waals surface area contributed by atoms with Crippen LogP contribution in [0.2, 0.25) is 0 Å². The number of aliphatic hydroxyl groups is 1. The summed E-state index contributed by atoms with van der Waals surface area (Å²) in [6.07, 6.45) is 3.25. The highest BCUT2D eigenvalue weighted by Crippen LogP contribution is 2.05. The molecule has 0 spiro atoms. The van der Waals surface area contributed by atoms with Crippen molar-refractivity contribution in [2.45, 2.75) is 0 Å². The second-order valence-corrected chi connectivity index (χ2v) is 4.75. The summed E-state index contributed by atoms with van der Waals surface area (Å²) >= 11 is 0. The molecule has 1 amide bonds. The number of nitrogen functional groups attached to an aromatic ring is 1. The van der Waals surface area contributed by atoms with Crippen LogP contribution in [0.25, 0.3) is 0 Å². The van der Waals surface area contributed by atoms with Crippen molar-refractivity contribution in [1.29, 1.82) is 0 Å². The van der Waals surface area contributed by atoms with Crippen molar-refractivity contribution in [3.05, 3.63) is 65.2 Å². The van der Waals surface area contributed by atoms with Crippen LogP contribution in [0.5, 0.6) is 0 Å². The minimum absolute atomic E-state index is 0.0367. The second kappa shape index (κ2) is 8.45. The SMILES string of the molecule is Nc1ccc(C(=O)N/N=C/c2ccc(C=NCCO)cc2)cc1. The average Bonchev–Trinajstić information content (AvgIpc) is 2.57. The van der Waals surface area contributed by atoms with Crippen molar-refractivity contribution >= 4 is 24.0 Å². The number of hydrazone groups is 1. The Labute approximate surface area is 134 Å². The van der Waals surface area contributed by atoms with E-state index in [1.165, 1.54) is 0 Å². The third-order valence-electron chi connectivity index (χ3n) is 2.96. The van der Waals surface area contributed by atoms with E-state index < -0.39 is 0 Å². The fourth-order valence-corrected chi connectivity index (χ4v) is 1.76. The van der Waals surface area contributed by atoms with E-state index in [0.717, 1.165) is 11.1 Å². The number of aliphatic hydroxyl groups excluding tert-OH is 1. The molecule has 4 N–H and O–H groups in total. The monoisotopic (exact) mass is 310 g/mol. The first kappa shape index (κ1) is 16.4. The summed E-state index contributed by atoms with van der Waals surface area (Å²) in [5.41, 5.74) is 10.9. The number of anilines is 1. The van der Waals surface area contributed by atoms with Gasteiger partial charge in [-0.15, -0.1) is 0 Å². The fourth-order valence-electron chi connectivity index (χ4n) is 1.76. The van der Waals surface area contributed by atoms with Crippen LogP contribution in [-0.4, -0.2) is 36.6 Å². The molecule has 0 fully saturated rings. The molecule has 6 heteroatoms. The summed E-state index contributed by atoms with van der Waals surface area (Å²) in [5, 5.41) is 12.6. The Hall–Kier alpha value is -2.99. The summed E-state index contributed by atoms with van der Waals surface area (Å²) in [6.45, 7) is 0.426. The zero-order chi connectivity index (χ0) is 16.5. The van der Waals surface area contributed by atoms with Gasteiger partial charge in [0.2, 0.25) is 0 Å². The van der Waals surface area contributed by atoms with E-state index in [2.05, 4.69) is 15.5 Å². The molecular weight excluding hydrogens is 292 g/mol. The van der Waals surface area contributed by atoms with E-state index in [1.54, 1.807) is 36.7 Å². The maximum atomic E-state index is 11.8. The number of hydrogen-bond acceptors (Lipinski definition) is 5. The lowest BCUT2D eigenvalue weighted by Gasteiger charge is -2.00. The van der Waals surface area contributed by atoms with Gasteiger partial charge in [0.25, 0.3) is 5.91 Å². The lowest BCUT2D eigenvalue weighted by atomic mass is 10.2. The van der Waals surface area contributed by atoms with Gasteiger partial charge in [0.05, 0.1) is 19.4 Å². The molecule has 118 valence electrons. The van der Waals surface area contributed by atoms with Gasteiger partial charge in [0.15, 0.2) is 0 Å². The van der Waals surface area contributed by atoms with Crippen LogP contribution < -0.4 is 11.2 Å². The molecule has 23 heavy (non-hydrogen) atoms. The minimum Gasteiger partial charge on any atom is -0.399 e. The summed E-state index contributed by atoms with van der Waals surface area (Å²) in [5.74, 6) is -0.297. The molecule has 0 bridgehead atoms. The lowest BCUT2D eigenvalue weighted by Crippen LogP contribution is -2.17. The Morgan fingerprint density at radius 1 is 1.04 bits per heavy atom. The molecule has 0 saturated heterocycles. The summed E-state index contributed by atoms with van der Waals surface area (Å²) in [4.78, 5) is 15.9. The first-order valence-corrected chi connectivity index (χ1v) is 7.09. The quantitative estimate of drug-likeness (QED) is 0.427. The Kier molecular flexibility index (Phi) is 6.02. The average molecular weight is 310 g/mol. The molecule has 2 aromatic carbocycles. The third kappa shape index (κ3) is 5.37. The molecule has 0 unspecified atom stereocenters. The zero-order valence-corrected chi connectivity index (χ0v) is 12.5. The van der Waals surface area contributed by atoms with E-state index in [0.29, 0.717) is 17.8 Å². The molecule has 0 saturated carbocycles. The van der Waals surface area contributed by atoms with Crippen LogP contribution in [0.3, 0.4) is 0 Å². The predicted octanol–water partition coefficient (Wildman–Crippen LogP) is 1.44. The van der Waals surface area contributed by atoms with Gasteiger partial charge < -0.3 is 10.8 Å². The number of hydrogen-bond donors (Lipinski definition) is 3. The summed E-state index contributed by atoms with van der Waals surface area (Å²) in [6, 6.07) is 14.1. The van der Waals surface area contributed by atoms with Crippen molar-refractivity contribution in [3.63, 3.8) is 0 Å². The van der Waals surface area contributed by atoms with Gasteiger partial charge in [-0.2, -0.15) is 5.10 Å². The topological polar surface area (TPSA) is 100 Å². The number of nitrogens with two attached hydrogens (primary N) is 1. The normalized spacial score (nSPS) is 11.2. The Bertz CT molecular complexity index is 692. The highest BCUT2D eigenvalue weighted by molar-refractivity contribution is 5.95. The smallest absolute Gasteiger partial charge is 0.271 e. The van der Waals surface area contributed by atoms with E-state index in [9.17, 15) is 4.79 Å². The van der Waals surface area contributed by atoms with Crippen LogP contribution in [0, 0.1) is 0 Å². The van der Waals surface area contributed by atoms with Gasteiger partial charge in [-0.05, 0) is 35.4 Å². The maximum absolute atomic E-state index is 11.8. The van der Waals surface area contributed by atoms with E-state index >= 15 is 0 Å². The molecule has 2 aromatic rings. The largest absolute Gasteiger partial charge is 0.399 e. The summed E-state index contributed by atoms with van der Waals surface area (Å²) < 4.78 is 0. The molecule has 0 heterocycles. The second-order valence-electron chi connectivity index (χ2n) is 4.75. The van der Waals surface area contributed by atoms with Crippen LogP contribution in [0.1, 0.15) is 21.5 Å². The highest BCUT2D eigenvalue weighted by Gasteiger charge is 2.02. The lowest BCUT2D eigenvalue weighted by molar-refractivity contribution is 0.0955. The van der Waals surface area contributed by atoms with Crippen molar-refractivity contribution in [2.75, 3.05) is 18.9 Å². The number of rotatable bonds is 6. The number of nitrogens with zero attached hydrogens (tertiary/aromatic N) is 2. The van der Waals surface area contributed by atoms with Crippen LogP contribution in [0.4, 0.5) is 5.69 Å². The van der Waals surface area contributed by atoms with Gasteiger partial charge in [-0.1, -0.05) is 24.3 Å². The highest BCUT2D eigenvalue weighted by atomic mass is 16.3. The maximum Gasteiger partial charge on any atom is 0.271 e. The number of aliphatic imine (C=N–C) groups is 1. The fraction of sp³-hybridized carbons (Fsp3) is 0.118. The molecule has 0 aliphatic rings. The molecule has 0 aliphatic carbocycles. The van der Waals surface area contributed by atoms with Gasteiger partial charge in [0, 0.05) is 17.5 Å². The van der Waals surface area contributed by atoms with E-state index in [4.69, 9.17) is 10.8 Å². The van der Waals surface area contributed by atoms with Gasteiger partial charge in [-0.3, -0.25) is 9.79 Å². The Balaban J connectivity index is 1.90. The number of nitrogens with one attached hydrogen (secondary N) is 1. The van der Waals surface area contributed by atoms with Gasteiger partial charge in [0.1, 0.15) is 0 Å². The van der Waals surface area contributed by atoms with E-state index in [-0.39, 0.29) is 12.5 Å². The molecule has 6 nitrogen and oxygen atoms in total. The standard InChI is InChI=1S/C17H18N4O2/c18-16-7-5-15(6-8-16)17(23)21-20-12-14-3-1-13(2-4-14)11-19-9-10-22/h1-8,11-12,22H,9-10,18H2,(H,21,23)/b19-11?,20-12+. The number of carbonyl (C=O) groups is 1. The Morgan fingerprint density at radius 3 is 2.26 bits per heavy atom. The number of benzene rings is 2. The summed E-state index contributed by atoms with van der Waals surface area (Å²) in [7, 11) is 0. The molecule has 0 aromatic heterocycles. The first-order valence-electron chi connectivity index (χ1n) is 7.09. The molecule has 0 radical (unpaired) electrons. The predicted molar refractivity (Wildman–Crippen MR) is 91.9 cm³/mol. The van der Waals surface area contributed by atoms with Crippen molar-refractivity contribution in [3.8, 4) is 0 Å². The zero-order valence-electron chi connectivity index (χ0n) is 12.5. The van der Waals surface area contributed by atoms with Crippen LogP contribution >= 0.6 is 0 Å². The molecule has 0 atom stereocenters. The minimum atomic E-state index is -0.297. The molecule has 2 rings (SSSR count). The van der Waals surface area contributed by atoms with Crippen molar-refractivity contribution < 1.29 is 9.90 Å². The van der Waals surface area contributed by atoms with Crippen LogP contribution in [0.15, 0.2) is 58.6 Å². The number of carbonyl (C=O) groups excluding carboxylic acids is 1. The first-order chi connectivity index (χ1) is 11.2. The van der Waals surface area contributed by atoms with Gasteiger partial charge >= 0.3 is 0 Å². The number of amides is 1. The van der Waals surface area contributed by atoms with Crippen molar-refractivity contribution in [2.24, 2.45) is 10.1 Å². The Morgan fingerprint density at radius 2 is 1.65 bits per heavy atom.